The highest BCUT2D eigenvalue weighted by atomic mass is 32.2. The summed E-state index contributed by atoms with van der Waals surface area (Å²) in [6.07, 6.45) is 2.68. The Bertz CT molecular complexity index is 673. The van der Waals surface area contributed by atoms with Crippen LogP contribution >= 0.6 is 11.8 Å². The predicted octanol–water partition coefficient (Wildman–Crippen LogP) is 2.45. The summed E-state index contributed by atoms with van der Waals surface area (Å²) in [6.45, 7) is 3.27. The number of piperazine rings is 1. The third kappa shape index (κ3) is 2.93. The van der Waals surface area contributed by atoms with Crippen molar-refractivity contribution in [2.75, 3.05) is 31.1 Å². The first-order valence-electron chi connectivity index (χ1n) is 8.00. The number of hydrogen-bond donors (Lipinski definition) is 0. The van der Waals surface area contributed by atoms with Crippen LogP contribution in [-0.4, -0.2) is 47.2 Å². The molecule has 0 N–H and O–H groups in total. The monoisotopic (exact) mass is 325 g/mol. The molecule has 1 aromatic heterocycles. The van der Waals surface area contributed by atoms with E-state index in [2.05, 4.69) is 28.1 Å². The number of benzene rings is 1. The second-order valence-corrected chi connectivity index (χ2v) is 7.16. The second-order valence-electron chi connectivity index (χ2n) is 5.92. The summed E-state index contributed by atoms with van der Waals surface area (Å²) in [5.74, 6) is 1.29. The van der Waals surface area contributed by atoms with Gasteiger partial charge in [0.1, 0.15) is 5.82 Å². The number of carbonyl (C=O) groups is 1. The van der Waals surface area contributed by atoms with Crippen molar-refractivity contribution in [3.8, 4) is 0 Å². The third-order valence-corrected chi connectivity index (χ3v) is 5.79. The van der Waals surface area contributed by atoms with Gasteiger partial charge < -0.3 is 9.80 Å². The fourth-order valence-electron chi connectivity index (χ4n) is 3.22. The minimum atomic E-state index is 0.0498. The van der Waals surface area contributed by atoms with Crippen molar-refractivity contribution in [2.45, 2.75) is 16.6 Å². The molecule has 1 saturated heterocycles. The summed E-state index contributed by atoms with van der Waals surface area (Å²) in [6, 6.07) is 14.3. The maximum Gasteiger partial charge on any atom is 0.236 e. The summed E-state index contributed by atoms with van der Waals surface area (Å²) in [5.41, 5.74) is 1.31. The molecule has 4 rings (SSSR count). The molecule has 0 bridgehead atoms. The first-order valence-corrected chi connectivity index (χ1v) is 8.88. The summed E-state index contributed by atoms with van der Waals surface area (Å²) >= 11 is 1.72. The van der Waals surface area contributed by atoms with Gasteiger partial charge >= 0.3 is 0 Å². The largest absolute Gasteiger partial charge is 0.353 e. The predicted molar refractivity (Wildman–Crippen MR) is 92.8 cm³/mol. The average Bonchev–Trinajstić information content (AvgIpc) is 3.06. The maximum atomic E-state index is 12.8. The molecule has 1 aromatic carbocycles. The van der Waals surface area contributed by atoms with Gasteiger partial charge in [-0.25, -0.2) is 4.98 Å². The van der Waals surface area contributed by atoms with Gasteiger partial charge in [0.25, 0.3) is 0 Å². The normalized spacial score (nSPS) is 20.4. The van der Waals surface area contributed by atoms with E-state index in [1.54, 1.807) is 11.8 Å². The van der Waals surface area contributed by atoms with Crippen LogP contribution in [0.2, 0.25) is 0 Å². The van der Waals surface area contributed by atoms with Gasteiger partial charge in [0.2, 0.25) is 5.91 Å². The van der Waals surface area contributed by atoms with Crippen LogP contribution in [-0.2, 0) is 11.2 Å². The summed E-state index contributed by atoms with van der Waals surface area (Å²) < 4.78 is 0. The molecule has 2 aliphatic heterocycles. The number of carbonyl (C=O) groups excluding carboxylic acids is 1. The zero-order valence-corrected chi connectivity index (χ0v) is 13.7. The Labute approximate surface area is 140 Å². The number of nitrogens with zero attached hydrogens (tertiary/aromatic N) is 3. The van der Waals surface area contributed by atoms with Crippen LogP contribution in [0.3, 0.4) is 0 Å². The van der Waals surface area contributed by atoms with Crippen LogP contribution in [0, 0.1) is 0 Å². The Hall–Kier alpha value is -2.01. The van der Waals surface area contributed by atoms with Crippen LogP contribution in [0.4, 0.5) is 5.82 Å². The lowest BCUT2D eigenvalue weighted by Crippen LogP contribution is -2.51. The van der Waals surface area contributed by atoms with Crippen LogP contribution in [0.25, 0.3) is 0 Å². The molecule has 0 saturated carbocycles. The van der Waals surface area contributed by atoms with Crippen LogP contribution in [0.15, 0.2) is 53.6 Å². The van der Waals surface area contributed by atoms with E-state index in [-0.39, 0.29) is 11.2 Å². The van der Waals surface area contributed by atoms with Gasteiger partial charge in [0.15, 0.2) is 0 Å². The lowest BCUT2D eigenvalue weighted by molar-refractivity contribution is -0.130. The van der Waals surface area contributed by atoms with Gasteiger partial charge in [0.05, 0.1) is 5.25 Å². The Kier molecular flexibility index (Phi) is 3.95. The number of pyridine rings is 1. The SMILES string of the molecule is O=C(C1Cc2ccccc2S1)N1CCN(c2ccccn2)CC1. The van der Waals surface area contributed by atoms with Crippen molar-refractivity contribution >= 4 is 23.5 Å². The Morgan fingerprint density at radius 2 is 1.83 bits per heavy atom. The van der Waals surface area contributed by atoms with Gasteiger partial charge in [-0.1, -0.05) is 24.3 Å². The molecule has 23 heavy (non-hydrogen) atoms. The molecule has 1 fully saturated rings. The molecule has 118 valence electrons. The molecule has 0 spiro atoms. The molecule has 1 amide bonds. The first kappa shape index (κ1) is 14.6. The van der Waals surface area contributed by atoms with E-state index in [1.165, 1.54) is 10.5 Å². The Morgan fingerprint density at radius 3 is 2.57 bits per heavy atom. The molecular formula is C18H19N3OS. The molecule has 3 heterocycles. The highest BCUT2D eigenvalue weighted by molar-refractivity contribution is 8.01. The summed E-state index contributed by atoms with van der Waals surface area (Å²) in [5, 5.41) is 0.0498. The molecule has 1 atom stereocenters. The van der Waals surface area contributed by atoms with Crippen molar-refractivity contribution in [3.05, 3.63) is 54.2 Å². The van der Waals surface area contributed by atoms with Crippen LogP contribution in [0.1, 0.15) is 5.56 Å². The van der Waals surface area contributed by atoms with E-state index in [1.807, 2.05) is 35.4 Å². The minimum absolute atomic E-state index is 0.0498. The number of aromatic nitrogens is 1. The van der Waals surface area contributed by atoms with Crippen molar-refractivity contribution in [3.63, 3.8) is 0 Å². The van der Waals surface area contributed by atoms with E-state index in [4.69, 9.17) is 0 Å². The molecule has 0 aliphatic carbocycles. The van der Waals surface area contributed by atoms with Crippen LogP contribution < -0.4 is 4.90 Å². The van der Waals surface area contributed by atoms with E-state index in [0.29, 0.717) is 0 Å². The number of amides is 1. The van der Waals surface area contributed by atoms with Crippen molar-refractivity contribution in [2.24, 2.45) is 0 Å². The minimum Gasteiger partial charge on any atom is -0.353 e. The van der Waals surface area contributed by atoms with Crippen molar-refractivity contribution in [1.29, 1.82) is 0 Å². The second kappa shape index (κ2) is 6.24. The van der Waals surface area contributed by atoms with Gasteiger partial charge in [-0.05, 0) is 30.2 Å². The topological polar surface area (TPSA) is 36.4 Å². The lowest BCUT2D eigenvalue weighted by atomic mass is 10.1. The molecule has 2 aromatic rings. The summed E-state index contributed by atoms with van der Waals surface area (Å²) in [4.78, 5) is 22.7. The fraction of sp³-hybridized carbons (Fsp3) is 0.333. The Balaban J connectivity index is 1.37. The molecule has 2 aliphatic rings. The van der Waals surface area contributed by atoms with Crippen molar-refractivity contribution < 1.29 is 4.79 Å². The van der Waals surface area contributed by atoms with Crippen LogP contribution in [0.5, 0.6) is 0 Å². The van der Waals surface area contributed by atoms with E-state index < -0.39 is 0 Å². The molecule has 1 unspecified atom stereocenters. The van der Waals surface area contributed by atoms with Crippen molar-refractivity contribution in [1.82, 2.24) is 9.88 Å². The number of hydrogen-bond acceptors (Lipinski definition) is 4. The van der Waals surface area contributed by atoms with Gasteiger partial charge in [-0.3, -0.25) is 4.79 Å². The fourth-order valence-corrected chi connectivity index (χ4v) is 4.50. The van der Waals surface area contributed by atoms with E-state index in [0.717, 1.165) is 38.4 Å². The Morgan fingerprint density at radius 1 is 1.04 bits per heavy atom. The third-order valence-electron chi connectivity index (χ3n) is 4.49. The average molecular weight is 325 g/mol. The summed E-state index contributed by atoms with van der Waals surface area (Å²) in [7, 11) is 0. The van der Waals surface area contributed by atoms with E-state index >= 15 is 0 Å². The number of fused-ring (bicyclic) bond motifs is 1. The molecule has 0 radical (unpaired) electrons. The standard InChI is InChI=1S/C18H19N3OS/c22-18(16-13-14-5-1-2-6-15(14)23-16)21-11-9-20(10-12-21)17-7-3-4-8-19-17/h1-8,16H,9-13H2. The smallest absolute Gasteiger partial charge is 0.236 e. The number of anilines is 1. The molecule has 4 nitrogen and oxygen atoms in total. The highest BCUT2D eigenvalue weighted by Gasteiger charge is 2.32. The zero-order chi connectivity index (χ0) is 15.6. The lowest BCUT2D eigenvalue weighted by Gasteiger charge is -2.36. The van der Waals surface area contributed by atoms with Gasteiger partial charge in [-0.15, -0.1) is 11.8 Å². The first-order chi connectivity index (χ1) is 11.3. The van der Waals surface area contributed by atoms with Gasteiger partial charge in [0, 0.05) is 37.3 Å². The molecule has 5 heteroatoms. The highest BCUT2D eigenvalue weighted by Crippen LogP contribution is 2.37. The molecular weight excluding hydrogens is 306 g/mol. The quantitative estimate of drug-likeness (QED) is 0.850. The maximum absolute atomic E-state index is 12.8. The number of thioether (sulfide) groups is 1. The zero-order valence-electron chi connectivity index (χ0n) is 12.9. The van der Waals surface area contributed by atoms with Gasteiger partial charge in [-0.2, -0.15) is 0 Å². The van der Waals surface area contributed by atoms with E-state index in [9.17, 15) is 4.79 Å². The number of rotatable bonds is 2.